The zero-order valence-corrected chi connectivity index (χ0v) is 20.7. The molecule has 0 atom stereocenters. The number of aromatic amines is 2. The van der Waals surface area contributed by atoms with Crippen LogP contribution in [0, 0.1) is 5.82 Å². The molecule has 0 saturated carbocycles. The fourth-order valence-corrected chi connectivity index (χ4v) is 5.16. The standard InChI is InChI=1S/C28H22FN5O2S/c1-37(35,36)11-8-17-12-19(14-20(29)13-17)27-22-16-26(32-24(22)7-10-31-27)28-21-15-18(5-6-25(21)33-34-28)23-4-2-3-9-30-23/h2-7,9-10,12-16,32H,8,11H2,1H3,(H,33,34). The van der Waals surface area contributed by atoms with Gasteiger partial charge in [0.2, 0.25) is 0 Å². The van der Waals surface area contributed by atoms with Crippen LogP contribution in [0.25, 0.3) is 55.7 Å². The summed E-state index contributed by atoms with van der Waals surface area (Å²) < 4.78 is 37.7. The molecule has 4 heterocycles. The number of H-pyrrole nitrogens is 2. The molecule has 0 aliphatic heterocycles. The lowest BCUT2D eigenvalue weighted by Crippen LogP contribution is -2.06. The zero-order chi connectivity index (χ0) is 25.6. The summed E-state index contributed by atoms with van der Waals surface area (Å²) in [6.45, 7) is 0. The van der Waals surface area contributed by atoms with Crippen LogP contribution in [0.5, 0.6) is 0 Å². The van der Waals surface area contributed by atoms with Crippen molar-refractivity contribution in [2.24, 2.45) is 0 Å². The van der Waals surface area contributed by atoms with E-state index in [-0.39, 0.29) is 12.2 Å². The van der Waals surface area contributed by atoms with Crippen molar-refractivity contribution in [1.29, 1.82) is 0 Å². The third-order valence-corrected chi connectivity index (χ3v) is 7.27. The van der Waals surface area contributed by atoms with E-state index in [1.807, 2.05) is 42.5 Å². The molecule has 0 saturated heterocycles. The Morgan fingerprint density at radius 1 is 0.838 bits per heavy atom. The number of rotatable bonds is 6. The molecule has 7 nitrogen and oxygen atoms in total. The Balaban J connectivity index is 1.44. The van der Waals surface area contributed by atoms with Crippen molar-refractivity contribution in [3.63, 3.8) is 0 Å². The molecule has 0 aliphatic carbocycles. The second-order valence-electron chi connectivity index (χ2n) is 9.08. The Morgan fingerprint density at radius 3 is 2.51 bits per heavy atom. The molecule has 0 radical (unpaired) electrons. The first kappa shape index (κ1) is 23.1. The summed E-state index contributed by atoms with van der Waals surface area (Å²) in [7, 11) is -3.16. The summed E-state index contributed by atoms with van der Waals surface area (Å²) in [5.41, 5.74) is 6.93. The zero-order valence-electron chi connectivity index (χ0n) is 19.9. The topological polar surface area (TPSA) is 104 Å². The van der Waals surface area contributed by atoms with Crippen molar-refractivity contribution in [3.05, 3.63) is 90.5 Å². The molecule has 9 heteroatoms. The van der Waals surface area contributed by atoms with Gasteiger partial charge in [-0.3, -0.25) is 15.1 Å². The van der Waals surface area contributed by atoms with Crippen LogP contribution in [0.4, 0.5) is 4.39 Å². The van der Waals surface area contributed by atoms with Gasteiger partial charge in [0.25, 0.3) is 0 Å². The van der Waals surface area contributed by atoms with Crippen LogP contribution in [0.15, 0.2) is 79.1 Å². The van der Waals surface area contributed by atoms with E-state index in [0.29, 0.717) is 16.8 Å². The van der Waals surface area contributed by atoms with E-state index in [9.17, 15) is 12.8 Å². The number of fused-ring (bicyclic) bond motifs is 2. The minimum Gasteiger partial charge on any atom is -0.353 e. The Kier molecular flexibility index (Phi) is 5.57. The number of sulfone groups is 1. The third-order valence-electron chi connectivity index (χ3n) is 6.32. The lowest BCUT2D eigenvalue weighted by atomic mass is 10.0. The van der Waals surface area contributed by atoms with Gasteiger partial charge in [-0.1, -0.05) is 12.1 Å². The van der Waals surface area contributed by atoms with Gasteiger partial charge < -0.3 is 4.98 Å². The highest BCUT2D eigenvalue weighted by molar-refractivity contribution is 7.90. The average Bonchev–Trinajstić information content (AvgIpc) is 3.51. The number of nitrogens with zero attached hydrogens (tertiary/aromatic N) is 3. The Bertz CT molecular complexity index is 1880. The molecule has 0 fully saturated rings. The van der Waals surface area contributed by atoms with E-state index >= 15 is 0 Å². The average molecular weight is 512 g/mol. The van der Waals surface area contributed by atoms with Gasteiger partial charge in [0.05, 0.1) is 28.4 Å². The van der Waals surface area contributed by atoms with E-state index in [4.69, 9.17) is 0 Å². The third kappa shape index (κ3) is 4.61. The van der Waals surface area contributed by atoms with Gasteiger partial charge in [0, 0.05) is 46.1 Å². The second kappa shape index (κ2) is 8.94. The molecule has 0 aliphatic rings. The molecular formula is C28H22FN5O2S. The predicted octanol–water partition coefficient (Wildman–Crippen LogP) is 5.56. The highest BCUT2D eigenvalue weighted by Gasteiger charge is 2.16. The molecule has 6 aromatic rings. The van der Waals surface area contributed by atoms with E-state index in [0.717, 1.165) is 44.5 Å². The molecule has 2 N–H and O–H groups in total. The largest absolute Gasteiger partial charge is 0.353 e. The van der Waals surface area contributed by atoms with Crippen molar-refractivity contribution in [2.45, 2.75) is 6.42 Å². The fraction of sp³-hybridized carbons (Fsp3) is 0.107. The van der Waals surface area contributed by atoms with Gasteiger partial charge in [0.1, 0.15) is 21.3 Å². The summed E-state index contributed by atoms with van der Waals surface area (Å²) >= 11 is 0. The van der Waals surface area contributed by atoms with Gasteiger partial charge in [-0.25, -0.2) is 12.8 Å². The number of halogens is 1. The summed E-state index contributed by atoms with van der Waals surface area (Å²) in [5, 5.41) is 9.41. The SMILES string of the molecule is CS(=O)(=O)CCc1cc(F)cc(-c2nccc3[nH]c(-c4n[nH]c5ccc(-c6ccccn6)cc45)cc23)c1. The summed E-state index contributed by atoms with van der Waals surface area (Å²) in [6, 6.07) is 20.2. The van der Waals surface area contributed by atoms with Gasteiger partial charge in [0.15, 0.2) is 0 Å². The normalized spacial score (nSPS) is 11.9. The highest BCUT2D eigenvalue weighted by atomic mass is 32.2. The van der Waals surface area contributed by atoms with Crippen molar-refractivity contribution in [1.82, 2.24) is 25.1 Å². The Labute approximate surface area is 212 Å². The number of pyridine rings is 2. The van der Waals surface area contributed by atoms with Gasteiger partial charge >= 0.3 is 0 Å². The van der Waals surface area contributed by atoms with E-state index in [2.05, 4.69) is 31.2 Å². The van der Waals surface area contributed by atoms with Crippen LogP contribution < -0.4 is 0 Å². The van der Waals surface area contributed by atoms with Crippen LogP contribution in [0.3, 0.4) is 0 Å². The molecule has 6 rings (SSSR count). The molecular weight excluding hydrogens is 489 g/mol. The van der Waals surface area contributed by atoms with Crippen LogP contribution in [-0.2, 0) is 16.3 Å². The quantitative estimate of drug-likeness (QED) is 0.305. The van der Waals surface area contributed by atoms with Gasteiger partial charge in [-0.15, -0.1) is 0 Å². The van der Waals surface area contributed by atoms with Gasteiger partial charge in [-0.2, -0.15) is 5.10 Å². The summed E-state index contributed by atoms with van der Waals surface area (Å²) in [4.78, 5) is 12.4. The van der Waals surface area contributed by atoms with E-state index in [1.54, 1.807) is 18.5 Å². The molecule has 2 aromatic carbocycles. The molecule has 0 amide bonds. The first-order valence-electron chi connectivity index (χ1n) is 11.7. The number of hydrogen-bond acceptors (Lipinski definition) is 5. The molecule has 0 bridgehead atoms. The van der Waals surface area contributed by atoms with Crippen LogP contribution >= 0.6 is 0 Å². The monoisotopic (exact) mass is 511 g/mol. The number of hydrogen-bond donors (Lipinski definition) is 2. The molecule has 184 valence electrons. The molecule has 37 heavy (non-hydrogen) atoms. The maximum atomic E-state index is 14.5. The number of aryl methyl sites for hydroxylation is 1. The predicted molar refractivity (Wildman–Crippen MR) is 143 cm³/mol. The smallest absolute Gasteiger partial charge is 0.147 e. The van der Waals surface area contributed by atoms with Crippen LogP contribution in [0.1, 0.15) is 5.56 Å². The first-order valence-corrected chi connectivity index (χ1v) is 13.8. The maximum Gasteiger partial charge on any atom is 0.147 e. The first-order chi connectivity index (χ1) is 17.8. The van der Waals surface area contributed by atoms with E-state index in [1.165, 1.54) is 18.4 Å². The molecule has 0 spiro atoms. The number of benzene rings is 2. The highest BCUT2D eigenvalue weighted by Crippen LogP contribution is 2.34. The molecule has 0 unspecified atom stereocenters. The second-order valence-corrected chi connectivity index (χ2v) is 11.3. The number of nitrogens with one attached hydrogen (secondary N) is 2. The fourth-order valence-electron chi connectivity index (χ4n) is 4.56. The van der Waals surface area contributed by atoms with Crippen molar-refractivity contribution >= 4 is 31.6 Å². The summed E-state index contributed by atoms with van der Waals surface area (Å²) in [5.74, 6) is -0.481. The van der Waals surface area contributed by atoms with Crippen LogP contribution in [0.2, 0.25) is 0 Å². The van der Waals surface area contributed by atoms with Crippen molar-refractivity contribution in [2.75, 3.05) is 12.0 Å². The van der Waals surface area contributed by atoms with Crippen molar-refractivity contribution < 1.29 is 12.8 Å². The van der Waals surface area contributed by atoms with Crippen LogP contribution in [-0.4, -0.2) is 45.6 Å². The maximum absolute atomic E-state index is 14.5. The summed E-state index contributed by atoms with van der Waals surface area (Å²) in [6.07, 6.45) is 4.84. The lowest BCUT2D eigenvalue weighted by molar-refractivity contribution is 0.600. The Morgan fingerprint density at radius 2 is 1.70 bits per heavy atom. The number of aromatic nitrogens is 5. The van der Waals surface area contributed by atoms with E-state index < -0.39 is 15.7 Å². The molecule has 4 aromatic heterocycles. The van der Waals surface area contributed by atoms with Crippen molar-refractivity contribution in [3.8, 4) is 33.9 Å². The van der Waals surface area contributed by atoms with Gasteiger partial charge in [-0.05, 0) is 66.6 Å². The lowest BCUT2D eigenvalue weighted by Gasteiger charge is -2.07. The minimum absolute atomic E-state index is 0.0471. The Hall–Kier alpha value is -4.37. The minimum atomic E-state index is -3.16.